The van der Waals surface area contributed by atoms with Crippen molar-refractivity contribution in [2.45, 2.75) is 43.8 Å². The highest BCUT2D eigenvalue weighted by Gasteiger charge is 2.42. The Hall–Kier alpha value is -1.62. The summed E-state index contributed by atoms with van der Waals surface area (Å²) in [4.78, 5) is 14.2. The van der Waals surface area contributed by atoms with Crippen molar-refractivity contribution >= 4 is 11.7 Å². The number of carbonyl (C=O) groups excluding carboxylic acids is 1. The van der Waals surface area contributed by atoms with E-state index in [0.29, 0.717) is 5.69 Å². The van der Waals surface area contributed by atoms with Crippen molar-refractivity contribution in [2.75, 3.05) is 5.32 Å². The molecule has 0 aromatic heterocycles. The fraction of sp³-hybridized carbons (Fsp3) is 0.500. The molecule has 1 aromatic carbocycles. The van der Waals surface area contributed by atoms with Gasteiger partial charge in [-0.2, -0.15) is 0 Å². The van der Waals surface area contributed by atoms with Gasteiger partial charge in [-0.3, -0.25) is 0 Å². The van der Waals surface area contributed by atoms with Crippen LogP contribution in [0.4, 0.5) is 14.9 Å². The largest absolute Gasteiger partial charge is 0.328 e. The molecule has 1 aromatic rings. The zero-order valence-corrected chi connectivity index (χ0v) is 10.7. The molecule has 102 valence electrons. The summed E-state index contributed by atoms with van der Waals surface area (Å²) in [5.41, 5.74) is 6.48. The number of carbonyl (C=O) groups is 1. The number of urea groups is 1. The van der Waals surface area contributed by atoms with Crippen molar-refractivity contribution < 1.29 is 9.18 Å². The summed E-state index contributed by atoms with van der Waals surface area (Å²) in [5, 5.41) is 2.77. The number of benzene rings is 1. The smallest absolute Gasteiger partial charge is 0.322 e. The molecule has 2 heterocycles. The molecule has 2 fully saturated rings. The van der Waals surface area contributed by atoms with Crippen molar-refractivity contribution in [3.63, 3.8) is 0 Å². The maximum Gasteiger partial charge on any atom is 0.322 e. The Morgan fingerprint density at radius 1 is 1.32 bits per heavy atom. The second-order valence-electron chi connectivity index (χ2n) is 5.46. The highest BCUT2D eigenvalue weighted by molar-refractivity contribution is 5.90. The van der Waals surface area contributed by atoms with E-state index in [0.717, 1.165) is 25.7 Å². The Labute approximate surface area is 111 Å². The summed E-state index contributed by atoms with van der Waals surface area (Å²) in [6, 6.07) is 6.52. The molecule has 3 N–H and O–H groups in total. The first-order valence-corrected chi connectivity index (χ1v) is 6.74. The van der Waals surface area contributed by atoms with Crippen LogP contribution in [0.1, 0.15) is 25.7 Å². The zero-order chi connectivity index (χ0) is 13.4. The summed E-state index contributed by atoms with van der Waals surface area (Å²) >= 11 is 0. The van der Waals surface area contributed by atoms with E-state index < -0.39 is 0 Å². The van der Waals surface area contributed by atoms with E-state index in [9.17, 15) is 9.18 Å². The van der Waals surface area contributed by atoms with Gasteiger partial charge in [-0.1, -0.05) is 6.07 Å². The van der Waals surface area contributed by atoms with Gasteiger partial charge in [0.05, 0.1) is 0 Å². The quantitative estimate of drug-likeness (QED) is 0.817. The molecule has 0 aliphatic carbocycles. The second-order valence-corrected chi connectivity index (χ2v) is 5.46. The Kier molecular flexibility index (Phi) is 3.14. The molecular formula is C14H18FN3O. The number of amides is 2. The van der Waals surface area contributed by atoms with E-state index in [1.807, 2.05) is 4.90 Å². The van der Waals surface area contributed by atoms with Gasteiger partial charge in [0.15, 0.2) is 0 Å². The standard InChI is InChI=1S/C14H18FN3O/c15-9-2-1-3-11(6-9)17-14(19)18-12-4-5-13(18)8-10(16)7-12/h1-3,6,10,12-13H,4-5,7-8,16H2,(H,17,19). The van der Waals surface area contributed by atoms with Gasteiger partial charge in [-0.15, -0.1) is 0 Å². The molecule has 0 radical (unpaired) electrons. The number of piperidine rings is 1. The number of nitrogens with zero attached hydrogens (tertiary/aromatic N) is 1. The first-order valence-electron chi connectivity index (χ1n) is 6.74. The van der Waals surface area contributed by atoms with Crippen LogP contribution >= 0.6 is 0 Å². The molecule has 0 spiro atoms. The van der Waals surface area contributed by atoms with Crippen LogP contribution in [0.25, 0.3) is 0 Å². The second kappa shape index (κ2) is 4.81. The number of nitrogens with one attached hydrogen (secondary N) is 1. The van der Waals surface area contributed by atoms with Gasteiger partial charge in [-0.05, 0) is 43.9 Å². The SMILES string of the molecule is NC1CC2CCC(C1)N2C(=O)Nc1cccc(F)c1. The summed E-state index contributed by atoms with van der Waals surface area (Å²) in [6.45, 7) is 0. The zero-order valence-electron chi connectivity index (χ0n) is 10.7. The fourth-order valence-corrected chi connectivity index (χ4v) is 3.30. The summed E-state index contributed by atoms with van der Waals surface area (Å²) < 4.78 is 13.1. The first kappa shape index (κ1) is 12.4. The van der Waals surface area contributed by atoms with Crippen LogP contribution in [0.15, 0.2) is 24.3 Å². The van der Waals surface area contributed by atoms with Crippen LogP contribution in [-0.4, -0.2) is 29.1 Å². The molecule has 19 heavy (non-hydrogen) atoms. The third-order valence-electron chi connectivity index (χ3n) is 4.08. The van der Waals surface area contributed by atoms with E-state index >= 15 is 0 Å². The predicted octanol–water partition coefficient (Wildman–Crippen LogP) is 2.31. The van der Waals surface area contributed by atoms with Gasteiger partial charge < -0.3 is 16.0 Å². The number of rotatable bonds is 1. The average Bonchev–Trinajstić information content (AvgIpc) is 2.62. The molecule has 2 bridgehead atoms. The van der Waals surface area contributed by atoms with Gasteiger partial charge in [0, 0.05) is 23.8 Å². The lowest BCUT2D eigenvalue weighted by molar-refractivity contribution is 0.150. The number of hydrogen-bond acceptors (Lipinski definition) is 2. The molecule has 3 rings (SSSR count). The lowest BCUT2D eigenvalue weighted by Crippen LogP contribution is -2.51. The van der Waals surface area contributed by atoms with Gasteiger partial charge in [0.1, 0.15) is 5.82 Å². The molecule has 2 amide bonds. The van der Waals surface area contributed by atoms with Crippen molar-refractivity contribution in [1.29, 1.82) is 0 Å². The van der Waals surface area contributed by atoms with Crippen LogP contribution in [0.3, 0.4) is 0 Å². The number of anilines is 1. The topological polar surface area (TPSA) is 58.4 Å². The van der Waals surface area contributed by atoms with Crippen LogP contribution < -0.4 is 11.1 Å². The van der Waals surface area contributed by atoms with E-state index in [-0.39, 0.29) is 30.0 Å². The highest BCUT2D eigenvalue weighted by Crippen LogP contribution is 2.35. The highest BCUT2D eigenvalue weighted by atomic mass is 19.1. The van der Waals surface area contributed by atoms with Crippen LogP contribution in [0.2, 0.25) is 0 Å². The van der Waals surface area contributed by atoms with Gasteiger partial charge in [0.2, 0.25) is 0 Å². The Morgan fingerprint density at radius 3 is 2.63 bits per heavy atom. The molecule has 5 heteroatoms. The molecule has 4 nitrogen and oxygen atoms in total. The Bertz CT molecular complexity index is 479. The summed E-state index contributed by atoms with van der Waals surface area (Å²) in [5.74, 6) is -0.346. The molecule has 2 aliphatic rings. The predicted molar refractivity (Wildman–Crippen MR) is 71.3 cm³/mol. The van der Waals surface area contributed by atoms with Crippen molar-refractivity contribution in [2.24, 2.45) is 5.73 Å². The molecule has 2 saturated heterocycles. The monoisotopic (exact) mass is 263 g/mol. The third kappa shape index (κ3) is 2.42. The lowest BCUT2D eigenvalue weighted by Gasteiger charge is -2.37. The Morgan fingerprint density at radius 2 is 2.00 bits per heavy atom. The molecular weight excluding hydrogens is 245 g/mol. The maximum atomic E-state index is 13.1. The number of hydrogen-bond donors (Lipinski definition) is 2. The fourth-order valence-electron chi connectivity index (χ4n) is 3.30. The Balaban J connectivity index is 1.71. The minimum absolute atomic E-state index is 0.134. The van der Waals surface area contributed by atoms with Gasteiger partial charge in [-0.25, -0.2) is 9.18 Å². The molecule has 0 saturated carbocycles. The maximum absolute atomic E-state index is 13.1. The van der Waals surface area contributed by atoms with Gasteiger partial charge in [0.25, 0.3) is 0 Å². The van der Waals surface area contributed by atoms with Crippen LogP contribution in [-0.2, 0) is 0 Å². The third-order valence-corrected chi connectivity index (χ3v) is 4.08. The average molecular weight is 263 g/mol. The molecule has 2 atom stereocenters. The van der Waals surface area contributed by atoms with E-state index in [4.69, 9.17) is 5.73 Å². The minimum Gasteiger partial charge on any atom is -0.328 e. The minimum atomic E-state index is -0.346. The van der Waals surface area contributed by atoms with Crippen molar-refractivity contribution in [3.8, 4) is 0 Å². The number of nitrogens with two attached hydrogens (primary N) is 1. The number of halogens is 1. The molecule has 2 aliphatic heterocycles. The van der Waals surface area contributed by atoms with E-state index in [2.05, 4.69) is 5.32 Å². The van der Waals surface area contributed by atoms with E-state index in [1.54, 1.807) is 12.1 Å². The van der Waals surface area contributed by atoms with Gasteiger partial charge >= 0.3 is 6.03 Å². The van der Waals surface area contributed by atoms with Crippen LogP contribution in [0.5, 0.6) is 0 Å². The van der Waals surface area contributed by atoms with Crippen molar-refractivity contribution in [3.05, 3.63) is 30.1 Å². The normalized spacial score (nSPS) is 29.4. The lowest BCUT2D eigenvalue weighted by atomic mass is 9.99. The first-order chi connectivity index (χ1) is 9.13. The molecule has 2 unspecified atom stereocenters. The van der Waals surface area contributed by atoms with Crippen molar-refractivity contribution in [1.82, 2.24) is 4.90 Å². The summed E-state index contributed by atoms with van der Waals surface area (Å²) in [6.07, 6.45) is 3.78. The summed E-state index contributed by atoms with van der Waals surface area (Å²) in [7, 11) is 0. The van der Waals surface area contributed by atoms with E-state index in [1.165, 1.54) is 12.1 Å². The van der Waals surface area contributed by atoms with Crippen LogP contribution in [0, 0.1) is 5.82 Å². The number of fused-ring (bicyclic) bond motifs is 2.